The van der Waals surface area contributed by atoms with Crippen LogP contribution in [-0.2, 0) is 6.54 Å². The Labute approximate surface area is 101 Å². The van der Waals surface area contributed by atoms with Crippen LogP contribution in [0.2, 0.25) is 0 Å². The van der Waals surface area contributed by atoms with E-state index in [0.717, 1.165) is 35.6 Å². The van der Waals surface area contributed by atoms with E-state index < -0.39 is 6.10 Å². The van der Waals surface area contributed by atoms with Gasteiger partial charge in [-0.3, -0.25) is 0 Å². The van der Waals surface area contributed by atoms with E-state index in [1.54, 1.807) is 14.0 Å². The topological polar surface area (TPSA) is 47.3 Å². The molecule has 4 heteroatoms. The standard InChI is InChI=1S/C13H18N2O2/c1-4-7-15-12-6-5-10(17-3)8-11(12)14-13(15)9(2)16/h5-6,8-9,16H,4,7H2,1-3H3. The summed E-state index contributed by atoms with van der Waals surface area (Å²) in [5.74, 6) is 1.51. The molecule has 2 rings (SSSR count). The lowest BCUT2D eigenvalue weighted by Crippen LogP contribution is -2.06. The number of benzene rings is 1. The van der Waals surface area contributed by atoms with Crippen LogP contribution >= 0.6 is 0 Å². The van der Waals surface area contributed by atoms with Crippen molar-refractivity contribution in [2.75, 3.05) is 7.11 Å². The van der Waals surface area contributed by atoms with Crippen molar-refractivity contribution in [2.24, 2.45) is 0 Å². The molecule has 0 fully saturated rings. The first-order chi connectivity index (χ1) is 8.17. The molecule has 1 aromatic heterocycles. The maximum absolute atomic E-state index is 9.74. The monoisotopic (exact) mass is 234 g/mol. The first-order valence-corrected chi connectivity index (χ1v) is 5.89. The van der Waals surface area contributed by atoms with E-state index in [9.17, 15) is 5.11 Å². The van der Waals surface area contributed by atoms with Crippen molar-refractivity contribution >= 4 is 11.0 Å². The summed E-state index contributed by atoms with van der Waals surface area (Å²) in [5.41, 5.74) is 1.91. The van der Waals surface area contributed by atoms with E-state index >= 15 is 0 Å². The van der Waals surface area contributed by atoms with Gasteiger partial charge in [-0.05, 0) is 25.5 Å². The lowest BCUT2D eigenvalue weighted by molar-refractivity contribution is 0.184. The van der Waals surface area contributed by atoms with Gasteiger partial charge in [-0.15, -0.1) is 0 Å². The van der Waals surface area contributed by atoms with Crippen molar-refractivity contribution in [3.05, 3.63) is 24.0 Å². The van der Waals surface area contributed by atoms with Crippen molar-refractivity contribution < 1.29 is 9.84 Å². The fourth-order valence-electron chi connectivity index (χ4n) is 2.03. The van der Waals surface area contributed by atoms with E-state index in [2.05, 4.69) is 16.5 Å². The molecule has 2 aromatic rings. The molecule has 0 spiro atoms. The number of rotatable bonds is 4. The minimum Gasteiger partial charge on any atom is -0.497 e. The van der Waals surface area contributed by atoms with Crippen LogP contribution in [0.15, 0.2) is 18.2 Å². The van der Waals surface area contributed by atoms with Crippen LogP contribution in [0.4, 0.5) is 0 Å². The van der Waals surface area contributed by atoms with Gasteiger partial charge in [0.25, 0.3) is 0 Å². The predicted molar refractivity (Wildman–Crippen MR) is 67.2 cm³/mol. The Hall–Kier alpha value is -1.55. The van der Waals surface area contributed by atoms with Gasteiger partial charge in [0.2, 0.25) is 0 Å². The van der Waals surface area contributed by atoms with Crippen LogP contribution in [0.3, 0.4) is 0 Å². The molecular formula is C13H18N2O2. The number of hydrogen-bond donors (Lipinski definition) is 1. The molecule has 1 atom stereocenters. The molecule has 1 aromatic carbocycles. The lowest BCUT2D eigenvalue weighted by atomic mass is 10.3. The van der Waals surface area contributed by atoms with Gasteiger partial charge in [0.1, 0.15) is 17.7 Å². The van der Waals surface area contributed by atoms with Gasteiger partial charge in [-0.1, -0.05) is 6.92 Å². The van der Waals surface area contributed by atoms with E-state index in [0.29, 0.717) is 0 Å². The number of aliphatic hydroxyl groups excluding tert-OH is 1. The number of aromatic nitrogens is 2. The second-order valence-electron chi connectivity index (χ2n) is 4.15. The summed E-state index contributed by atoms with van der Waals surface area (Å²) in [7, 11) is 1.64. The van der Waals surface area contributed by atoms with Crippen LogP contribution in [-0.4, -0.2) is 21.8 Å². The molecule has 0 saturated heterocycles. The zero-order chi connectivity index (χ0) is 12.4. The van der Waals surface area contributed by atoms with Gasteiger partial charge in [0.15, 0.2) is 0 Å². The zero-order valence-electron chi connectivity index (χ0n) is 10.5. The maximum Gasteiger partial charge on any atom is 0.138 e. The molecular weight excluding hydrogens is 216 g/mol. The van der Waals surface area contributed by atoms with Crippen molar-refractivity contribution in [3.8, 4) is 5.75 Å². The van der Waals surface area contributed by atoms with Crippen molar-refractivity contribution in [1.29, 1.82) is 0 Å². The first kappa shape index (κ1) is 11.9. The summed E-state index contributed by atoms with van der Waals surface area (Å²) < 4.78 is 7.25. The molecule has 1 N–H and O–H groups in total. The quantitative estimate of drug-likeness (QED) is 0.884. The number of ether oxygens (including phenoxy) is 1. The maximum atomic E-state index is 9.74. The van der Waals surface area contributed by atoms with Gasteiger partial charge in [-0.25, -0.2) is 4.98 Å². The van der Waals surface area contributed by atoms with Crippen LogP contribution in [0.5, 0.6) is 5.75 Å². The first-order valence-electron chi connectivity index (χ1n) is 5.89. The molecule has 0 radical (unpaired) electrons. The SMILES string of the molecule is CCCn1c(C(C)O)nc2cc(OC)ccc21. The molecule has 17 heavy (non-hydrogen) atoms. The fraction of sp³-hybridized carbons (Fsp3) is 0.462. The second-order valence-corrected chi connectivity index (χ2v) is 4.15. The Kier molecular flexibility index (Phi) is 3.33. The Balaban J connectivity index is 2.61. The highest BCUT2D eigenvalue weighted by atomic mass is 16.5. The normalized spacial score (nSPS) is 12.9. The third kappa shape index (κ3) is 2.13. The summed E-state index contributed by atoms with van der Waals surface area (Å²) in [4.78, 5) is 4.47. The number of hydrogen-bond acceptors (Lipinski definition) is 3. The van der Waals surface area contributed by atoms with Gasteiger partial charge in [0, 0.05) is 12.6 Å². The number of fused-ring (bicyclic) bond motifs is 1. The zero-order valence-corrected chi connectivity index (χ0v) is 10.5. The van der Waals surface area contributed by atoms with Gasteiger partial charge in [0.05, 0.1) is 18.1 Å². The Morgan fingerprint density at radius 3 is 2.82 bits per heavy atom. The highest BCUT2D eigenvalue weighted by Crippen LogP contribution is 2.24. The molecule has 0 bridgehead atoms. The summed E-state index contributed by atoms with van der Waals surface area (Å²) in [6, 6.07) is 5.80. The Morgan fingerprint density at radius 2 is 2.24 bits per heavy atom. The van der Waals surface area contributed by atoms with Crippen molar-refractivity contribution in [2.45, 2.75) is 32.9 Å². The number of aliphatic hydroxyl groups is 1. The second kappa shape index (κ2) is 4.75. The molecule has 1 heterocycles. The molecule has 0 saturated carbocycles. The van der Waals surface area contributed by atoms with Gasteiger partial charge < -0.3 is 14.4 Å². The average Bonchev–Trinajstić information content (AvgIpc) is 2.68. The molecule has 92 valence electrons. The summed E-state index contributed by atoms with van der Waals surface area (Å²) >= 11 is 0. The lowest BCUT2D eigenvalue weighted by Gasteiger charge is -2.09. The molecule has 0 aliphatic carbocycles. The van der Waals surface area contributed by atoms with E-state index in [4.69, 9.17) is 4.74 Å². The van der Waals surface area contributed by atoms with Crippen LogP contribution in [0.25, 0.3) is 11.0 Å². The Bertz CT molecular complexity index is 517. The summed E-state index contributed by atoms with van der Waals surface area (Å²) in [6.07, 6.45) is 0.456. The predicted octanol–water partition coefficient (Wildman–Crippen LogP) is 2.51. The Morgan fingerprint density at radius 1 is 1.47 bits per heavy atom. The largest absolute Gasteiger partial charge is 0.497 e. The van der Waals surface area contributed by atoms with Crippen LogP contribution in [0, 0.1) is 0 Å². The molecule has 0 aliphatic rings. The van der Waals surface area contributed by atoms with E-state index in [1.165, 1.54) is 0 Å². The summed E-state index contributed by atoms with van der Waals surface area (Å²) in [5, 5.41) is 9.74. The third-order valence-corrected chi connectivity index (χ3v) is 2.81. The smallest absolute Gasteiger partial charge is 0.138 e. The third-order valence-electron chi connectivity index (χ3n) is 2.81. The fourth-order valence-corrected chi connectivity index (χ4v) is 2.03. The van der Waals surface area contributed by atoms with Crippen LogP contribution in [0.1, 0.15) is 32.2 Å². The number of nitrogens with zero attached hydrogens (tertiary/aromatic N) is 2. The van der Waals surface area contributed by atoms with Gasteiger partial charge in [-0.2, -0.15) is 0 Å². The van der Waals surface area contributed by atoms with Crippen LogP contribution < -0.4 is 4.74 Å². The van der Waals surface area contributed by atoms with Crippen molar-refractivity contribution in [3.63, 3.8) is 0 Å². The molecule has 1 unspecified atom stereocenters. The minimum absolute atomic E-state index is 0.556. The number of imidazole rings is 1. The average molecular weight is 234 g/mol. The van der Waals surface area contributed by atoms with Gasteiger partial charge >= 0.3 is 0 Å². The van der Waals surface area contributed by atoms with E-state index in [-0.39, 0.29) is 0 Å². The number of aryl methyl sites for hydroxylation is 1. The highest BCUT2D eigenvalue weighted by Gasteiger charge is 2.14. The molecule has 0 aliphatic heterocycles. The van der Waals surface area contributed by atoms with E-state index in [1.807, 2.05) is 18.2 Å². The number of methoxy groups -OCH3 is 1. The summed E-state index contributed by atoms with van der Waals surface area (Å²) in [6.45, 7) is 4.72. The molecule has 4 nitrogen and oxygen atoms in total. The minimum atomic E-state index is -0.556. The highest BCUT2D eigenvalue weighted by molar-refractivity contribution is 5.77. The molecule has 0 amide bonds. The van der Waals surface area contributed by atoms with Crippen molar-refractivity contribution in [1.82, 2.24) is 9.55 Å².